The Morgan fingerprint density at radius 3 is 2.56 bits per heavy atom. The molecule has 2 aliphatic rings. The molecule has 1 fully saturated rings. The van der Waals surface area contributed by atoms with E-state index in [1.54, 1.807) is 0 Å². The van der Waals surface area contributed by atoms with Gasteiger partial charge < -0.3 is 15.2 Å². The van der Waals surface area contributed by atoms with Crippen LogP contribution in [-0.4, -0.2) is 13.2 Å². The number of nitrogens with two attached hydrogens (primary N) is 1. The first kappa shape index (κ1) is 9.97. The third kappa shape index (κ3) is 1.55. The Kier molecular flexibility index (Phi) is 2.11. The molecule has 1 heterocycles. The van der Waals surface area contributed by atoms with Crippen molar-refractivity contribution in [2.75, 3.05) is 13.2 Å². The molecule has 86 valence electrons. The van der Waals surface area contributed by atoms with E-state index in [0.29, 0.717) is 18.6 Å². The molecule has 16 heavy (non-hydrogen) atoms. The van der Waals surface area contributed by atoms with E-state index in [9.17, 15) is 0 Å². The topological polar surface area (TPSA) is 44.5 Å². The Balaban J connectivity index is 1.90. The lowest BCUT2D eigenvalue weighted by molar-refractivity contribution is 0.171. The van der Waals surface area contributed by atoms with Crippen molar-refractivity contribution in [1.29, 1.82) is 0 Å². The van der Waals surface area contributed by atoms with Crippen molar-refractivity contribution in [3.8, 4) is 11.5 Å². The fourth-order valence-electron chi connectivity index (χ4n) is 2.16. The van der Waals surface area contributed by atoms with Crippen molar-refractivity contribution in [3.63, 3.8) is 0 Å². The van der Waals surface area contributed by atoms with Crippen LogP contribution in [0.25, 0.3) is 0 Å². The molecule has 1 saturated carbocycles. The third-order valence-corrected chi connectivity index (χ3v) is 3.71. The smallest absolute Gasteiger partial charge is 0.161 e. The summed E-state index contributed by atoms with van der Waals surface area (Å²) < 4.78 is 11.1. The van der Waals surface area contributed by atoms with Gasteiger partial charge in [-0.1, -0.05) is 13.0 Å². The molecule has 1 aliphatic heterocycles. The molecule has 3 nitrogen and oxygen atoms in total. The van der Waals surface area contributed by atoms with Crippen LogP contribution in [0.15, 0.2) is 18.2 Å². The van der Waals surface area contributed by atoms with Crippen molar-refractivity contribution >= 4 is 0 Å². The average Bonchev–Trinajstić information content (AvgIpc) is 3.07. The van der Waals surface area contributed by atoms with Crippen LogP contribution in [0.5, 0.6) is 11.5 Å². The highest BCUT2D eigenvalue weighted by molar-refractivity contribution is 5.45. The summed E-state index contributed by atoms with van der Waals surface area (Å²) in [6.07, 6.45) is 2.45. The van der Waals surface area contributed by atoms with Crippen LogP contribution in [0.2, 0.25) is 0 Å². The van der Waals surface area contributed by atoms with Gasteiger partial charge in [-0.2, -0.15) is 0 Å². The third-order valence-electron chi connectivity index (χ3n) is 3.71. The standard InChI is InChI=1S/C13H17NO2/c1-13(4-5-13)12(14)9-2-3-10-11(8-9)16-7-6-15-10/h2-3,8,12H,4-7,14H2,1H3. The fourth-order valence-corrected chi connectivity index (χ4v) is 2.16. The normalized spacial score (nSPS) is 22.6. The van der Waals surface area contributed by atoms with Gasteiger partial charge in [-0.05, 0) is 36.0 Å². The minimum absolute atomic E-state index is 0.114. The molecule has 0 amide bonds. The van der Waals surface area contributed by atoms with E-state index in [-0.39, 0.29) is 6.04 Å². The quantitative estimate of drug-likeness (QED) is 0.829. The second-order valence-corrected chi connectivity index (χ2v) is 5.03. The zero-order valence-corrected chi connectivity index (χ0v) is 9.53. The first-order valence-electron chi connectivity index (χ1n) is 5.84. The molecule has 1 aromatic carbocycles. The van der Waals surface area contributed by atoms with Crippen LogP contribution < -0.4 is 15.2 Å². The minimum Gasteiger partial charge on any atom is -0.486 e. The first-order chi connectivity index (χ1) is 7.69. The zero-order chi connectivity index (χ0) is 11.2. The van der Waals surface area contributed by atoms with Crippen molar-refractivity contribution < 1.29 is 9.47 Å². The molecule has 1 aliphatic carbocycles. The number of fused-ring (bicyclic) bond motifs is 1. The van der Waals surface area contributed by atoms with Gasteiger partial charge in [0.2, 0.25) is 0 Å². The van der Waals surface area contributed by atoms with Gasteiger partial charge in [0.05, 0.1) is 0 Å². The van der Waals surface area contributed by atoms with Crippen molar-refractivity contribution in [2.24, 2.45) is 11.1 Å². The Labute approximate surface area is 95.5 Å². The van der Waals surface area contributed by atoms with E-state index in [4.69, 9.17) is 15.2 Å². The van der Waals surface area contributed by atoms with Crippen molar-refractivity contribution in [1.82, 2.24) is 0 Å². The Bertz CT molecular complexity index is 412. The van der Waals surface area contributed by atoms with Crippen molar-refractivity contribution in [3.05, 3.63) is 23.8 Å². The minimum atomic E-state index is 0.114. The molecule has 2 N–H and O–H groups in total. The molecule has 3 rings (SSSR count). The van der Waals surface area contributed by atoms with Crippen LogP contribution in [-0.2, 0) is 0 Å². The molecule has 1 atom stereocenters. The van der Waals surface area contributed by atoms with E-state index < -0.39 is 0 Å². The number of ether oxygens (including phenoxy) is 2. The number of hydrogen-bond donors (Lipinski definition) is 1. The summed E-state index contributed by atoms with van der Waals surface area (Å²) in [4.78, 5) is 0. The van der Waals surface area contributed by atoms with Crippen LogP contribution in [0.3, 0.4) is 0 Å². The highest BCUT2D eigenvalue weighted by Crippen LogP contribution is 2.53. The molecule has 0 spiro atoms. The summed E-state index contributed by atoms with van der Waals surface area (Å²) in [6, 6.07) is 6.17. The largest absolute Gasteiger partial charge is 0.486 e. The zero-order valence-electron chi connectivity index (χ0n) is 9.53. The van der Waals surface area contributed by atoms with Crippen LogP contribution >= 0.6 is 0 Å². The second-order valence-electron chi connectivity index (χ2n) is 5.03. The summed E-state index contributed by atoms with van der Waals surface area (Å²) in [7, 11) is 0. The highest BCUT2D eigenvalue weighted by Gasteiger charge is 2.43. The molecule has 0 saturated heterocycles. The molecular formula is C13H17NO2. The number of rotatable bonds is 2. The molecular weight excluding hydrogens is 202 g/mol. The Morgan fingerprint density at radius 2 is 1.88 bits per heavy atom. The van der Waals surface area contributed by atoms with Gasteiger partial charge in [-0.15, -0.1) is 0 Å². The lowest BCUT2D eigenvalue weighted by Crippen LogP contribution is -2.21. The van der Waals surface area contributed by atoms with Gasteiger partial charge in [0.15, 0.2) is 11.5 Å². The molecule has 1 unspecified atom stereocenters. The Morgan fingerprint density at radius 1 is 1.19 bits per heavy atom. The van der Waals surface area contributed by atoms with Crippen LogP contribution in [0.4, 0.5) is 0 Å². The van der Waals surface area contributed by atoms with Gasteiger partial charge in [-0.3, -0.25) is 0 Å². The maximum atomic E-state index is 6.27. The second kappa shape index (κ2) is 3.39. The molecule has 3 heteroatoms. The monoisotopic (exact) mass is 219 g/mol. The fraction of sp³-hybridized carbons (Fsp3) is 0.538. The van der Waals surface area contributed by atoms with Gasteiger partial charge in [0.1, 0.15) is 13.2 Å². The molecule has 0 bridgehead atoms. The maximum absolute atomic E-state index is 6.27. The van der Waals surface area contributed by atoms with E-state index in [0.717, 1.165) is 17.1 Å². The maximum Gasteiger partial charge on any atom is 0.161 e. The molecule has 1 aromatic rings. The highest BCUT2D eigenvalue weighted by atomic mass is 16.6. The summed E-state index contributed by atoms with van der Waals surface area (Å²) in [5.41, 5.74) is 7.72. The summed E-state index contributed by atoms with van der Waals surface area (Å²) in [5.74, 6) is 1.67. The first-order valence-corrected chi connectivity index (χ1v) is 5.84. The van der Waals surface area contributed by atoms with E-state index in [2.05, 4.69) is 13.0 Å². The van der Waals surface area contributed by atoms with Crippen LogP contribution in [0, 0.1) is 5.41 Å². The predicted octanol–water partition coefficient (Wildman–Crippen LogP) is 2.26. The van der Waals surface area contributed by atoms with Gasteiger partial charge in [0.25, 0.3) is 0 Å². The SMILES string of the molecule is CC1(C(N)c2ccc3c(c2)OCCO3)CC1. The summed E-state index contributed by atoms with van der Waals surface area (Å²) >= 11 is 0. The summed E-state index contributed by atoms with van der Waals surface area (Å²) in [5, 5.41) is 0. The van der Waals surface area contributed by atoms with Gasteiger partial charge in [-0.25, -0.2) is 0 Å². The van der Waals surface area contributed by atoms with Crippen molar-refractivity contribution in [2.45, 2.75) is 25.8 Å². The number of benzene rings is 1. The number of hydrogen-bond acceptors (Lipinski definition) is 3. The lowest BCUT2D eigenvalue weighted by Gasteiger charge is -2.23. The average molecular weight is 219 g/mol. The van der Waals surface area contributed by atoms with E-state index in [1.165, 1.54) is 12.8 Å². The van der Waals surface area contributed by atoms with Gasteiger partial charge in [0, 0.05) is 6.04 Å². The van der Waals surface area contributed by atoms with E-state index >= 15 is 0 Å². The van der Waals surface area contributed by atoms with Crippen LogP contribution in [0.1, 0.15) is 31.4 Å². The Hall–Kier alpha value is -1.22. The van der Waals surface area contributed by atoms with E-state index in [1.807, 2.05) is 12.1 Å². The molecule has 0 aromatic heterocycles. The lowest BCUT2D eigenvalue weighted by atomic mass is 9.92. The molecule has 0 radical (unpaired) electrons. The predicted molar refractivity (Wildman–Crippen MR) is 61.7 cm³/mol. The summed E-state index contributed by atoms with van der Waals surface area (Å²) in [6.45, 7) is 3.51. The van der Waals surface area contributed by atoms with Gasteiger partial charge >= 0.3 is 0 Å².